The summed E-state index contributed by atoms with van der Waals surface area (Å²) in [5.74, 6) is 0.134. The Morgan fingerprint density at radius 2 is 1.56 bits per heavy atom. The van der Waals surface area contributed by atoms with Crippen LogP contribution < -0.4 is 0 Å². The molecule has 27 heavy (non-hydrogen) atoms. The monoisotopic (exact) mass is 354 g/mol. The van der Waals surface area contributed by atoms with Gasteiger partial charge in [0.2, 0.25) is 0 Å². The highest BCUT2D eigenvalue weighted by atomic mass is 16.1. The number of imidazole rings is 1. The minimum Gasteiger partial charge on any atom is -0.322 e. The maximum atomic E-state index is 12.9. The van der Waals surface area contributed by atoms with E-state index in [1.807, 2.05) is 54.9 Å². The first-order valence-corrected chi connectivity index (χ1v) is 9.20. The van der Waals surface area contributed by atoms with E-state index in [-0.39, 0.29) is 11.8 Å². The Kier molecular flexibility index (Phi) is 4.59. The third-order valence-corrected chi connectivity index (χ3v) is 5.18. The Labute approximate surface area is 159 Å². The van der Waals surface area contributed by atoms with Crippen LogP contribution in [0.2, 0.25) is 0 Å². The van der Waals surface area contributed by atoms with E-state index in [0.717, 1.165) is 22.2 Å². The maximum Gasteiger partial charge on any atom is 0.165 e. The molecule has 4 aromatic rings. The number of aromatic nitrogens is 2. The van der Waals surface area contributed by atoms with E-state index in [0.29, 0.717) is 6.42 Å². The standard InChI is InChI=1S/C24H22N2O/c1-17-13-21-23(14-18(17)2)26(16-25-21)22(19-9-5-3-6-10-19)15-24(27)20-11-7-4-8-12-20/h3-14,16,22H,15H2,1-2H3/t22-/m0/s1. The van der Waals surface area contributed by atoms with Crippen molar-refractivity contribution in [1.29, 1.82) is 0 Å². The molecule has 0 spiro atoms. The van der Waals surface area contributed by atoms with Crippen LogP contribution in [-0.2, 0) is 0 Å². The van der Waals surface area contributed by atoms with Gasteiger partial charge < -0.3 is 4.57 Å². The fourth-order valence-electron chi connectivity index (χ4n) is 3.50. The van der Waals surface area contributed by atoms with Gasteiger partial charge in [0.1, 0.15) is 0 Å². The van der Waals surface area contributed by atoms with Gasteiger partial charge in [-0.15, -0.1) is 0 Å². The quantitative estimate of drug-likeness (QED) is 0.443. The predicted molar refractivity (Wildman–Crippen MR) is 109 cm³/mol. The van der Waals surface area contributed by atoms with Crippen LogP contribution in [0.25, 0.3) is 11.0 Å². The molecule has 0 N–H and O–H groups in total. The number of Topliss-reactive ketones (excluding diaryl/α,β-unsaturated/α-hetero) is 1. The minimum atomic E-state index is -0.0917. The highest BCUT2D eigenvalue weighted by molar-refractivity contribution is 5.96. The van der Waals surface area contributed by atoms with Crippen LogP contribution in [0.1, 0.15) is 39.5 Å². The average molecular weight is 354 g/mol. The summed E-state index contributed by atoms with van der Waals surface area (Å²) in [4.78, 5) is 17.5. The number of hydrogen-bond acceptors (Lipinski definition) is 2. The van der Waals surface area contributed by atoms with Gasteiger partial charge in [-0.25, -0.2) is 4.98 Å². The first-order chi connectivity index (χ1) is 13.1. The van der Waals surface area contributed by atoms with Crippen LogP contribution in [-0.4, -0.2) is 15.3 Å². The Bertz CT molecular complexity index is 1080. The fraction of sp³-hybridized carbons (Fsp3) is 0.167. The zero-order valence-corrected chi connectivity index (χ0v) is 15.6. The molecule has 0 aliphatic rings. The molecule has 0 saturated carbocycles. The van der Waals surface area contributed by atoms with Crippen LogP contribution in [0.15, 0.2) is 79.1 Å². The average Bonchev–Trinajstić information content (AvgIpc) is 3.10. The number of fused-ring (bicyclic) bond motifs is 1. The number of ketones is 1. The van der Waals surface area contributed by atoms with Gasteiger partial charge >= 0.3 is 0 Å². The summed E-state index contributed by atoms with van der Waals surface area (Å²) in [5, 5.41) is 0. The molecule has 4 rings (SSSR count). The molecule has 0 aliphatic carbocycles. The number of aryl methyl sites for hydroxylation is 2. The number of hydrogen-bond donors (Lipinski definition) is 0. The topological polar surface area (TPSA) is 34.9 Å². The summed E-state index contributed by atoms with van der Waals surface area (Å²) in [6, 6.07) is 23.9. The maximum absolute atomic E-state index is 12.9. The summed E-state index contributed by atoms with van der Waals surface area (Å²) in [5.41, 5.74) is 6.34. The Morgan fingerprint density at radius 3 is 2.26 bits per heavy atom. The van der Waals surface area contributed by atoms with E-state index in [9.17, 15) is 4.79 Å². The third kappa shape index (κ3) is 3.41. The molecule has 3 heteroatoms. The first kappa shape index (κ1) is 17.2. The zero-order valence-electron chi connectivity index (χ0n) is 15.6. The molecule has 3 nitrogen and oxygen atoms in total. The lowest BCUT2D eigenvalue weighted by molar-refractivity contribution is 0.0970. The number of carbonyl (C=O) groups excluding carboxylic acids is 1. The molecule has 0 saturated heterocycles. The third-order valence-electron chi connectivity index (χ3n) is 5.18. The number of nitrogens with zero attached hydrogens (tertiary/aromatic N) is 2. The molecule has 0 radical (unpaired) electrons. The first-order valence-electron chi connectivity index (χ1n) is 9.20. The SMILES string of the molecule is Cc1cc2ncn([C@@H](CC(=O)c3ccccc3)c3ccccc3)c2cc1C. The number of carbonyl (C=O) groups is 1. The Balaban J connectivity index is 1.80. The highest BCUT2D eigenvalue weighted by Crippen LogP contribution is 2.29. The molecule has 0 unspecified atom stereocenters. The van der Waals surface area contributed by atoms with E-state index >= 15 is 0 Å². The molecular weight excluding hydrogens is 332 g/mol. The van der Waals surface area contributed by atoms with Crippen molar-refractivity contribution in [2.45, 2.75) is 26.3 Å². The summed E-state index contributed by atoms with van der Waals surface area (Å²) in [6.07, 6.45) is 2.26. The lowest BCUT2D eigenvalue weighted by Crippen LogP contribution is -2.15. The smallest absolute Gasteiger partial charge is 0.165 e. The van der Waals surface area contributed by atoms with Crippen molar-refractivity contribution < 1.29 is 4.79 Å². The number of benzene rings is 3. The second-order valence-electron chi connectivity index (χ2n) is 7.00. The summed E-state index contributed by atoms with van der Waals surface area (Å²) in [6.45, 7) is 4.21. The largest absolute Gasteiger partial charge is 0.322 e. The number of rotatable bonds is 5. The molecular formula is C24H22N2O. The van der Waals surface area contributed by atoms with Crippen molar-refractivity contribution in [3.05, 3.63) is 101 Å². The van der Waals surface area contributed by atoms with E-state index in [1.165, 1.54) is 11.1 Å². The van der Waals surface area contributed by atoms with Crippen LogP contribution in [0.3, 0.4) is 0 Å². The summed E-state index contributed by atoms with van der Waals surface area (Å²) < 4.78 is 2.14. The normalized spacial score (nSPS) is 12.2. The second-order valence-corrected chi connectivity index (χ2v) is 7.00. The van der Waals surface area contributed by atoms with Crippen LogP contribution in [0.4, 0.5) is 0 Å². The lowest BCUT2D eigenvalue weighted by Gasteiger charge is -2.20. The lowest BCUT2D eigenvalue weighted by atomic mass is 9.97. The van der Waals surface area contributed by atoms with Crippen molar-refractivity contribution in [3.8, 4) is 0 Å². The minimum absolute atomic E-state index is 0.0917. The van der Waals surface area contributed by atoms with E-state index in [2.05, 4.69) is 47.7 Å². The van der Waals surface area contributed by atoms with Crippen molar-refractivity contribution in [1.82, 2.24) is 9.55 Å². The summed E-state index contributed by atoms with van der Waals surface area (Å²) in [7, 11) is 0. The molecule has 1 aromatic heterocycles. The van der Waals surface area contributed by atoms with Gasteiger partial charge in [-0.2, -0.15) is 0 Å². The molecule has 0 fully saturated rings. The van der Waals surface area contributed by atoms with Crippen LogP contribution in [0.5, 0.6) is 0 Å². The van der Waals surface area contributed by atoms with Gasteiger partial charge in [-0.05, 0) is 42.7 Å². The predicted octanol–water partition coefficient (Wildman–Crippen LogP) is 5.52. The molecule has 1 heterocycles. The zero-order chi connectivity index (χ0) is 18.8. The molecule has 3 aromatic carbocycles. The molecule has 1 atom stereocenters. The van der Waals surface area contributed by atoms with Gasteiger partial charge in [0, 0.05) is 12.0 Å². The van der Waals surface area contributed by atoms with Crippen LogP contribution >= 0.6 is 0 Å². The Hall–Kier alpha value is -3.20. The van der Waals surface area contributed by atoms with Crippen LogP contribution in [0, 0.1) is 13.8 Å². The van der Waals surface area contributed by atoms with Crippen molar-refractivity contribution in [2.75, 3.05) is 0 Å². The van der Waals surface area contributed by atoms with Crippen molar-refractivity contribution in [2.24, 2.45) is 0 Å². The highest BCUT2D eigenvalue weighted by Gasteiger charge is 2.21. The van der Waals surface area contributed by atoms with E-state index in [1.54, 1.807) is 0 Å². The fourth-order valence-corrected chi connectivity index (χ4v) is 3.50. The molecule has 0 aliphatic heterocycles. The van der Waals surface area contributed by atoms with Gasteiger partial charge in [0.25, 0.3) is 0 Å². The second kappa shape index (κ2) is 7.20. The van der Waals surface area contributed by atoms with Crippen molar-refractivity contribution in [3.63, 3.8) is 0 Å². The van der Waals surface area contributed by atoms with Gasteiger partial charge in [0.15, 0.2) is 5.78 Å². The Morgan fingerprint density at radius 1 is 0.926 bits per heavy atom. The van der Waals surface area contributed by atoms with Gasteiger partial charge in [0.05, 0.1) is 23.4 Å². The van der Waals surface area contributed by atoms with Gasteiger partial charge in [-0.3, -0.25) is 4.79 Å². The van der Waals surface area contributed by atoms with E-state index < -0.39 is 0 Å². The molecule has 0 amide bonds. The van der Waals surface area contributed by atoms with Crippen molar-refractivity contribution >= 4 is 16.8 Å². The summed E-state index contributed by atoms with van der Waals surface area (Å²) >= 11 is 0. The van der Waals surface area contributed by atoms with Gasteiger partial charge in [-0.1, -0.05) is 60.7 Å². The molecule has 134 valence electrons. The van der Waals surface area contributed by atoms with E-state index in [4.69, 9.17) is 0 Å². The molecule has 0 bridgehead atoms.